The Balaban J connectivity index is 1.22. The highest BCUT2D eigenvalue weighted by Gasteiger charge is 2.49. The Hall–Kier alpha value is -4.76. The van der Waals surface area contributed by atoms with E-state index >= 15 is 0 Å². The molecule has 0 radical (unpaired) electrons. The van der Waals surface area contributed by atoms with Gasteiger partial charge in [-0.05, 0) is 73.1 Å². The van der Waals surface area contributed by atoms with Crippen LogP contribution < -0.4 is 4.72 Å². The van der Waals surface area contributed by atoms with Gasteiger partial charge in [-0.2, -0.15) is 8.42 Å². The zero-order valence-electron chi connectivity index (χ0n) is 25.7. The summed E-state index contributed by atoms with van der Waals surface area (Å²) in [7, 11) is -4.02. The van der Waals surface area contributed by atoms with Crippen molar-refractivity contribution in [3.05, 3.63) is 126 Å². The number of ketones is 1. The Morgan fingerprint density at radius 3 is 2.11 bits per heavy atom. The van der Waals surface area contributed by atoms with Gasteiger partial charge in [0.05, 0.1) is 11.0 Å². The number of nitrogens with one attached hydrogen (secondary N) is 2. The highest BCUT2D eigenvalue weighted by atomic mass is 32.2. The average molecular weight is 636 g/mol. The molecule has 0 amide bonds. The van der Waals surface area contributed by atoms with Crippen molar-refractivity contribution in [2.45, 2.75) is 62.1 Å². The van der Waals surface area contributed by atoms with Gasteiger partial charge in [0, 0.05) is 18.0 Å². The molecule has 2 N–H and O–H groups in total. The first kappa shape index (κ1) is 31.2. The first-order valence-electron chi connectivity index (χ1n) is 15.7. The maximum absolute atomic E-state index is 14.0. The molecule has 6 rings (SSSR count). The van der Waals surface area contributed by atoms with Crippen molar-refractivity contribution in [1.82, 2.24) is 9.97 Å². The van der Waals surface area contributed by atoms with Crippen molar-refractivity contribution in [3.63, 3.8) is 0 Å². The van der Waals surface area contributed by atoms with Crippen LogP contribution in [0.25, 0.3) is 11.0 Å². The molecule has 0 bridgehead atoms. The Labute approximate surface area is 269 Å². The van der Waals surface area contributed by atoms with E-state index in [1.165, 1.54) is 0 Å². The number of carbonyl (C=O) groups excluding carboxylic acids is 2. The van der Waals surface area contributed by atoms with Crippen molar-refractivity contribution in [3.8, 4) is 0 Å². The quantitative estimate of drug-likeness (QED) is 0.113. The van der Waals surface area contributed by atoms with Gasteiger partial charge in [0.15, 0.2) is 5.78 Å². The fourth-order valence-electron chi connectivity index (χ4n) is 6.45. The van der Waals surface area contributed by atoms with Gasteiger partial charge in [-0.15, -0.1) is 0 Å². The van der Waals surface area contributed by atoms with Crippen LogP contribution in [0, 0.1) is 5.92 Å². The molecule has 0 saturated carbocycles. The lowest BCUT2D eigenvalue weighted by atomic mass is 9.74. The summed E-state index contributed by atoms with van der Waals surface area (Å²) in [6.07, 6.45) is 3.09. The molecule has 5 aromatic rings. The number of anilines is 1. The number of aromatic nitrogens is 2. The third-order valence-corrected chi connectivity index (χ3v) is 10.1. The summed E-state index contributed by atoms with van der Waals surface area (Å²) < 4.78 is 35.3. The maximum atomic E-state index is 14.0. The lowest BCUT2D eigenvalue weighted by Gasteiger charge is -2.41. The minimum atomic E-state index is -4.02. The number of rotatable bonds is 12. The van der Waals surface area contributed by atoms with Crippen LogP contribution in [-0.2, 0) is 37.2 Å². The van der Waals surface area contributed by atoms with E-state index in [1.807, 2.05) is 73.7 Å². The molecular formula is C37H37N3O5S. The van der Waals surface area contributed by atoms with E-state index in [1.54, 1.807) is 42.5 Å². The predicted molar refractivity (Wildman–Crippen MR) is 178 cm³/mol. The Morgan fingerprint density at radius 2 is 1.50 bits per heavy atom. The molecule has 4 aromatic carbocycles. The monoisotopic (exact) mass is 635 g/mol. The third kappa shape index (κ3) is 6.89. The van der Waals surface area contributed by atoms with Gasteiger partial charge in [0.1, 0.15) is 11.5 Å². The molecule has 236 valence electrons. The van der Waals surface area contributed by atoms with Crippen molar-refractivity contribution in [2.24, 2.45) is 5.92 Å². The number of esters is 1. The molecule has 0 spiro atoms. The van der Waals surface area contributed by atoms with Crippen LogP contribution in [0.15, 0.2) is 114 Å². The summed E-state index contributed by atoms with van der Waals surface area (Å²) in [5.74, 6) is -2.11. The van der Waals surface area contributed by atoms with Gasteiger partial charge in [0.2, 0.25) is 5.16 Å². The number of cyclic esters (lactones) is 1. The number of benzene rings is 4. The first-order chi connectivity index (χ1) is 22.2. The summed E-state index contributed by atoms with van der Waals surface area (Å²) in [6, 6.07) is 34.0. The number of sulfonamides is 1. The van der Waals surface area contributed by atoms with Crippen LogP contribution in [0.2, 0.25) is 0 Å². The van der Waals surface area contributed by atoms with Crippen molar-refractivity contribution < 1.29 is 22.7 Å². The summed E-state index contributed by atoms with van der Waals surface area (Å²) in [6.45, 7) is 1.92. The minimum absolute atomic E-state index is 0.137. The van der Waals surface area contributed by atoms with Crippen LogP contribution in [0.1, 0.15) is 55.2 Å². The normalized spacial score (nSPS) is 17.0. The second-order valence-corrected chi connectivity index (χ2v) is 13.6. The molecule has 2 atom stereocenters. The number of fused-ring (bicyclic) bond motifs is 1. The van der Waals surface area contributed by atoms with Gasteiger partial charge in [-0.3, -0.25) is 14.3 Å². The van der Waals surface area contributed by atoms with E-state index in [0.717, 1.165) is 11.1 Å². The van der Waals surface area contributed by atoms with Crippen LogP contribution in [0.4, 0.5) is 5.69 Å². The van der Waals surface area contributed by atoms with Crippen LogP contribution in [0.3, 0.4) is 0 Å². The van der Waals surface area contributed by atoms with Gasteiger partial charge in [0.25, 0.3) is 10.0 Å². The molecule has 1 aliphatic heterocycles. The van der Waals surface area contributed by atoms with Crippen LogP contribution in [-0.4, -0.2) is 35.7 Å². The number of hydrogen-bond acceptors (Lipinski definition) is 6. The molecule has 9 heteroatoms. The van der Waals surface area contributed by atoms with Crippen LogP contribution in [0.5, 0.6) is 0 Å². The molecule has 2 unspecified atom stereocenters. The number of H-pyrrole nitrogens is 1. The van der Waals surface area contributed by atoms with E-state index in [-0.39, 0.29) is 17.4 Å². The second kappa shape index (κ2) is 13.3. The smallest absolute Gasteiger partial charge is 0.317 e. The first-order valence-corrected chi connectivity index (χ1v) is 17.1. The number of aromatic amines is 1. The fraction of sp³-hybridized carbons (Fsp3) is 0.270. The SMILES string of the molecule is CCC(c1cccc(NS(=O)(=O)c2nc3ccccc3[nH]2)c1)C1C(=O)CC(CCc2ccccc2)(CCc2ccccc2)OC1=O. The van der Waals surface area contributed by atoms with E-state index < -0.39 is 33.4 Å². The molecule has 2 heterocycles. The molecular weight excluding hydrogens is 598 g/mol. The van der Waals surface area contributed by atoms with E-state index in [0.29, 0.717) is 54.4 Å². The van der Waals surface area contributed by atoms with Crippen molar-refractivity contribution in [2.75, 3.05) is 4.72 Å². The summed E-state index contributed by atoms with van der Waals surface area (Å²) in [5, 5.41) is -0.195. The fourth-order valence-corrected chi connectivity index (χ4v) is 7.45. The summed E-state index contributed by atoms with van der Waals surface area (Å²) in [5.41, 5.74) is 3.50. The number of carbonyl (C=O) groups is 2. The van der Waals surface area contributed by atoms with Crippen LogP contribution >= 0.6 is 0 Å². The number of para-hydroxylation sites is 2. The standard InChI is InChI=1S/C37H37N3O5S/c1-2-30(28-16-11-17-29(24-28)40-46(43,44)36-38-31-18-9-10-19-32(31)39-36)34-33(41)25-37(45-35(34)42,22-20-26-12-5-3-6-13-26)23-21-27-14-7-4-8-15-27/h3-19,24,30,34,40H,2,20-23,25H2,1H3,(H,38,39). The highest BCUT2D eigenvalue weighted by Crippen LogP contribution is 2.41. The predicted octanol–water partition coefficient (Wildman–Crippen LogP) is 6.99. The van der Waals surface area contributed by atoms with E-state index in [9.17, 15) is 18.0 Å². The van der Waals surface area contributed by atoms with Crippen molar-refractivity contribution in [1.29, 1.82) is 0 Å². The molecule has 46 heavy (non-hydrogen) atoms. The minimum Gasteiger partial charge on any atom is -0.458 e. The van der Waals surface area contributed by atoms with Gasteiger partial charge >= 0.3 is 5.97 Å². The number of aryl methyl sites for hydroxylation is 2. The topological polar surface area (TPSA) is 118 Å². The molecule has 1 saturated heterocycles. The van der Waals surface area contributed by atoms with Gasteiger partial charge < -0.3 is 9.72 Å². The lowest BCUT2D eigenvalue weighted by molar-refractivity contribution is -0.180. The largest absolute Gasteiger partial charge is 0.458 e. The molecule has 1 aliphatic rings. The highest BCUT2D eigenvalue weighted by molar-refractivity contribution is 7.92. The Kier molecular flexibility index (Phi) is 9.03. The molecule has 1 aromatic heterocycles. The van der Waals surface area contributed by atoms with E-state index in [4.69, 9.17) is 4.74 Å². The number of ether oxygens (including phenoxy) is 1. The lowest BCUT2D eigenvalue weighted by Crippen LogP contribution is -2.49. The second-order valence-electron chi connectivity index (χ2n) is 12.0. The van der Waals surface area contributed by atoms with E-state index in [2.05, 4.69) is 14.7 Å². The number of imidazole rings is 1. The zero-order chi connectivity index (χ0) is 32.1. The molecule has 1 fully saturated rings. The summed E-state index contributed by atoms with van der Waals surface area (Å²) >= 11 is 0. The summed E-state index contributed by atoms with van der Waals surface area (Å²) in [4.78, 5) is 34.9. The van der Waals surface area contributed by atoms with Crippen molar-refractivity contribution >= 4 is 38.5 Å². The van der Waals surface area contributed by atoms with Gasteiger partial charge in [-0.1, -0.05) is 91.9 Å². The zero-order valence-corrected chi connectivity index (χ0v) is 26.5. The molecule has 8 nitrogen and oxygen atoms in total. The number of Topliss-reactive ketones (excluding diaryl/α,β-unsaturated/α-hetero) is 1. The maximum Gasteiger partial charge on any atom is 0.317 e. The average Bonchev–Trinajstić information content (AvgIpc) is 3.51. The number of nitrogens with zero attached hydrogens (tertiary/aromatic N) is 1. The Morgan fingerprint density at radius 1 is 0.870 bits per heavy atom. The van der Waals surface area contributed by atoms with Gasteiger partial charge in [-0.25, -0.2) is 4.98 Å². The number of hydrogen-bond donors (Lipinski definition) is 2. The Bertz CT molecular complexity index is 1840. The third-order valence-electron chi connectivity index (χ3n) is 8.87. The molecule has 0 aliphatic carbocycles.